The van der Waals surface area contributed by atoms with Crippen molar-refractivity contribution in [2.75, 3.05) is 7.11 Å². The Morgan fingerprint density at radius 3 is 2.61 bits per heavy atom. The molecule has 2 aromatic carbocycles. The van der Waals surface area contributed by atoms with Crippen LogP contribution >= 0.6 is 15.9 Å². The SMILES string of the molecule is CCc1ccc(OCc2c(Br)cccc2OC(=O)OC)c(C)c1. The number of ether oxygens (including phenoxy) is 3. The summed E-state index contributed by atoms with van der Waals surface area (Å²) in [5.74, 6) is 1.22. The monoisotopic (exact) mass is 378 g/mol. The first-order valence-corrected chi connectivity index (χ1v) is 8.10. The van der Waals surface area contributed by atoms with Crippen LogP contribution in [0.1, 0.15) is 23.6 Å². The van der Waals surface area contributed by atoms with Gasteiger partial charge in [-0.3, -0.25) is 0 Å². The zero-order valence-corrected chi connectivity index (χ0v) is 15.0. The van der Waals surface area contributed by atoms with Crippen molar-refractivity contribution in [3.63, 3.8) is 0 Å². The summed E-state index contributed by atoms with van der Waals surface area (Å²) in [5, 5.41) is 0. The number of hydrogen-bond acceptors (Lipinski definition) is 4. The Morgan fingerprint density at radius 2 is 1.96 bits per heavy atom. The highest BCUT2D eigenvalue weighted by Crippen LogP contribution is 2.29. The lowest BCUT2D eigenvalue weighted by atomic mass is 10.1. The molecule has 0 aliphatic heterocycles. The van der Waals surface area contributed by atoms with E-state index in [2.05, 4.69) is 33.7 Å². The maximum atomic E-state index is 11.3. The first-order valence-electron chi connectivity index (χ1n) is 7.30. The average molecular weight is 379 g/mol. The first kappa shape index (κ1) is 17.3. The lowest BCUT2D eigenvalue weighted by Gasteiger charge is -2.14. The van der Waals surface area contributed by atoms with Crippen molar-refractivity contribution in [1.29, 1.82) is 0 Å². The highest BCUT2D eigenvalue weighted by atomic mass is 79.9. The lowest BCUT2D eigenvalue weighted by Crippen LogP contribution is -2.10. The zero-order valence-electron chi connectivity index (χ0n) is 13.4. The van der Waals surface area contributed by atoms with Gasteiger partial charge in [-0.2, -0.15) is 0 Å². The second-order valence-corrected chi connectivity index (χ2v) is 5.87. The summed E-state index contributed by atoms with van der Waals surface area (Å²) >= 11 is 3.46. The fraction of sp³-hybridized carbons (Fsp3) is 0.278. The summed E-state index contributed by atoms with van der Waals surface area (Å²) in [6.07, 6.45) is 0.232. The van der Waals surface area contributed by atoms with Crippen molar-refractivity contribution >= 4 is 22.1 Å². The van der Waals surface area contributed by atoms with Crippen LogP contribution in [0, 0.1) is 6.92 Å². The molecule has 0 amide bonds. The van der Waals surface area contributed by atoms with E-state index in [1.54, 1.807) is 12.1 Å². The van der Waals surface area contributed by atoms with Crippen LogP contribution in [0.2, 0.25) is 0 Å². The molecule has 122 valence electrons. The molecule has 0 N–H and O–H groups in total. The van der Waals surface area contributed by atoms with Gasteiger partial charge in [0.2, 0.25) is 0 Å². The maximum Gasteiger partial charge on any atom is 0.513 e. The molecule has 0 saturated heterocycles. The number of aryl methyl sites for hydroxylation is 2. The first-order chi connectivity index (χ1) is 11.0. The second kappa shape index (κ2) is 8.02. The van der Waals surface area contributed by atoms with Crippen LogP contribution in [0.3, 0.4) is 0 Å². The van der Waals surface area contributed by atoms with Crippen LogP contribution in [0.5, 0.6) is 11.5 Å². The van der Waals surface area contributed by atoms with E-state index in [-0.39, 0.29) is 6.61 Å². The van der Waals surface area contributed by atoms with E-state index in [0.29, 0.717) is 5.75 Å². The van der Waals surface area contributed by atoms with E-state index < -0.39 is 6.16 Å². The fourth-order valence-corrected chi connectivity index (χ4v) is 2.61. The molecule has 0 atom stereocenters. The van der Waals surface area contributed by atoms with Crippen molar-refractivity contribution in [2.45, 2.75) is 26.9 Å². The van der Waals surface area contributed by atoms with Gasteiger partial charge in [-0.25, -0.2) is 4.79 Å². The quantitative estimate of drug-likeness (QED) is 0.539. The highest BCUT2D eigenvalue weighted by molar-refractivity contribution is 9.10. The molecular formula is C18H19BrO4. The summed E-state index contributed by atoms with van der Waals surface area (Å²) in [7, 11) is 1.27. The van der Waals surface area contributed by atoms with E-state index >= 15 is 0 Å². The van der Waals surface area contributed by atoms with Crippen LogP contribution in [0.15, 0.2) is 40.9 Å². The molecule has 2 rings (SSSR count). The Morgan fingerprint density at radius 1 is 1.17 bits per heavy atom. The van der Waals surface area contributed by atoms with E-state index in [1.165, 1.54) is 12.7 Å². The van der Waals surface area contributed by atoms with Gasteiger partial charge in [-0.05, 0) is 42.7 Å². The molecule has 0 aromatic heterocycles. The number of rotatable bonds is 5. The number of carbonyl (C=O) groups excluding carboxylic acids is 1. The number of carbonyl (C=O) groups is 1. The van der Waals surface area contributed by atoms with Crippen LogP contribution in [-0.2, 0) is 17.8 Å². The third-order valence-electron chi connectivity index (χ3n) is 3.46. The Balaban J connectivity index is 2.18. The molecule has 0 unspecified atom stereocenters. The standard InChI is InChI=1S/C18H19BrO4/c1-4-13-8-9-16(12(2)10-13)22-11-14-15(19)6-5-7-17(14)23-18(20)21-3/h5-10H,4,11H2,1-3H3. The molecule has 0 radical (unpaired) electrons. The van der Waals surface area contributed by atoms with Gasteiger partial charge in [-0.1, -0.05) is 41.1 Å². The highest BCUT2D eigenvalue weighted by Gasteiger charge is 2.13. The number of halogens is 1. The lowest BCUT2D eigenvalue weighted by molar-refractivity contribution is 0.120. The number of benzene rings is 2. The predicted molar refractivity (Wildman–Crippen MR) is 92.1 cm³/mol. The molecule has 0 spiro atoms. The van der Waals surface area contributed by atoms with Gasteiger partial charge in [0.05, 0.1) is 7.11 Å². The molecule has 0 saturated carbocycles. The summed E-state index contributed by atoms with van der Waals surface area (Å²) in [5.41, 5.74) is 3.09. The summed E-state index contributed by atoms with van der Waals surface area (Å²) in [6, 6.07) is 11.5. The molecule has 23 heavy (non-hydrogen) atoms. The van der Waals surface area contributed by atoms with E-state index in [0.717, 1.165) is 27.8 Å². The van der Waals surface area contributed by atoms with Crippen molar-refractivity contribution in [1.82, 2.24) is 0 Å². The molecule has 0 bridgehead atoms. The van der Waals surface area contributed by atoms with Crippen molar-refractivity contribution in [3.8, 4) is 11.5 Å². The molecule has 5 heteroatoms. The van der Waals surface area contributed by atoms with E-state index in [1.807, 2.05) is 25.1 Å². The predicted octanol–water partition coefficient (Wildman–Crippen LogP) is 5.04. The topological polar surface area (TPSA) is 44.8 Å². The smallest absolute Gasteiger partial charge is 0.488 e. The zero-order chi connectivity index (χ0) is 16.8. The van der Waals surface area contributed by atoms with Gasteiger partial charge in [0, 0.05) is 10.0 Å². The molecular weight excluding hydrogens is 360 g/mol. The summed E-state index contributed by atoms with van der Waals surface area (Å²) in [4.78, 5) is 11.3. The Hall–Kier alpha value is -2.01. The van der Waals surface area contributed by atoms with Crippen molar-refractivity contribution < 1.29 is 19.0 Å². The van der Waals surface area contributed by atoms with Gasteiger partial charge in [0.15, 0.2) is 0 Å². The fourth-order valence-electron chi connectivity index (χ4n) is 2.15. The van der Waals surface area contributed by atoms with Gasteiger partial charge in [0.25, 0.3) is 0 Å². The minimum atomic E-state index is -0.757. The Bertz CT molecular complexity index is 697. The Labute approximate surface area is 144 Å². The minimum Gasteiger partial charge on any atom is -0.488 e. The van der Waals surface area contributed by atoms with E-state index in [9.17, 15) is 4.79 Å². The maximum absolute atomic E-state index is 11.3. The van der Waals surface area contributed by atoms with Crippen LogP contribution in [0.4, 0.5) is 4.79 Å². The molecule has 0 heterocycles. The minimum absolute atomic E-state index is 0.278. The average Bonchev–Trinajstić information content (AvgIpc) is 2.55. The van der Waals surface area contributed by atoms with Gasteiger partial charge >= 0.3 is 6.16 Å². The summed E-state index contributed by atoms with van der Waals surface area (Å²) < 4.78 is 16.4. The number of hydrogen-bond donors (Lipinski definition) is 0. The molecule has 0 aliphatic rings. The molecule has 0 aliphatic carbocycles. The Kier molecular flexibility index (Phi) is 6.04. The van der Waals surface area contributed by atoms with Crippen molar-refractivity contribution in [2.24, 2.45) is 0 Å². The van der Waals surface area contributed by atoms with Crippen LogP contribution in [-0.4, -0.2) is 13.3 Å². The third kappa shape index (κ3) is 4.48. The van der Waals surface area contributed by atoms with E-state index in [4.69, 9.17) is 9.47 Å². The van der Waals surface area contributed by atoms with Crippen molar-refractivity contribution in [3.05, 3.63) is 57.6 Å². The van der Waals surface area contributed by atoms with Gasteiger partial charge < -0.3 is 14.2 Å². The second-order valence-electron chi connectivity index (χ2n) is 5.01. The molecule has 2 aromatic rings. The molecule has 4 nitrogen and oxygen atoms in total. The largest absolute Gasteiger partial charge is 0.513 e. The van der Waals surface area contributed by atoms with Gasteiger partial charge in [0.1, 0.15) is 18.1 Å². The van der Waals surface area contributed by atoms with Crippen LogP contribution in [0.25, 0.3) is 0 Å². The normalized spacial score (nSPS) is 10.3. The third-order valence-corrected chi connectivity index (χ3v) is 4.20. The van der Waals surface area contributed by atoms with Crippen LogP contribution < -0.4 is 9.47 Å². The summed E-state index contributed by atoms with van der Waals surface area (Å²) in [6.45, 7) is 4.41. The van der Waals surface area contributed by atoms with Gasteiger partial charge in [-0.15, -0.1) is 0 Å². The number of methoxy groups -OCH3 is 1. The molecule has 0 fully saturated rings.